The number of nitrogens with one attached hydrogen (secondary N) is 2. The standard InChI is InChI=1S/C22H21ClFN5O3S/c1-5-6-7-18(25-3)33(31,32)28-17-9-8-14(24)21(20(17)23)27-15-10-11-16-19(13(15)2)22(30)29(4)12-26-16/h5-12,27-28H,3H2,1-2,4H3/b6-5-,18-7+. The molecule has 8 nitrogen and oxygen atoms in total. The normalized spacial score (nSPS) is 12.3. The summed E-state index contributed by atoms with van der Waals surface area (Å²) < 4.78 is 43.6. The van der Waals surface area contributed by atoms with Gasteiger partial charge in [0.25, 0.3) is 15.6 Å². The van der Waals surface area contributed by atoms with Gasteiger partial charge in [0.2, 0.25) is 0 Å². The van der Waals surface area contributed by atoms with Gasteiger partial charge in [-0.1, -0.05) is 23.8 Å². The van der Waals surface area contributed by atoms with Crippen LogP contribution in [-0.4, -0.2) is 24.7 Å². The van der Waals surface area contributed by atoms with Crippen LogP contribution in [0.2, 0.25) is 5.02 Å². The van der Waals surface area contributed by atoms with Crippen molar-refractivity contribution in [2.24, 2.45) is 12.0 Å². The van der Waals surface area contributed by atoms with Gasteiger partial charge in [0.05, 0.1) is 33.6 Å². The molecule has 11 heteroatoms. The molecule has 0 saturated heterocycles. The number of halogens is 2. The predicted octanol–water partition coefficient (Wildman–Crippen LogP) is 4.64. The topological polar surface area (TPSA) is 105 Å². The minimum absolute atomic E-state index is 0.0633. The molecule has 2 N–H and O–H groups in total. The third kappa shape index (κ3) is 4.81. The third-order valence-electron chi connectivity index (χ3n) is 4.80. The summed E-state index contributed by atoms with van der Waals surface area (Å²) in [7, 11) is -2.55. The van der Waals surface area contributed by atoms with Gasteiger partial charge in [-0.3, -0.25) is 14.5 Å². The zero-order chi connectivity index (χ0) is 24.3. The van der Waals surface area contributed by atoms with Crippen LogP contribution in [0.15, 0.2) is 63.6 Å². The van der Waals surface area contributed by atoms with Gasteiger partial charge in [0.15, 0.2) is 5.03 Å². The summed E-state index contributed by atoms with van der Waals surface area (Å²) in [5, 5.41) is 2.71. The lowest BCUT2D eigenvalue weighted by molar-refractivity contribution is 0.606. The van der Waals surface area contributed by atoms with Gasteiger partial charge in [-0.15, -0.1) is 0 Å². The average molecular weight is 490 g/mol. The first-order valence-corrected chi connectivity index (χ1v) is 11.5. The van der Waals surface area contributed by atoms with E-state index in [0.717, 1.165) is 6.07 Å². The van der Waals surface area contributed by atoms with Crippen molar-refractivity contribution < 1.29 is 12.8 Å². The number of rotatable bonds is 7. The van der Waals surface area contributed by atoms with E-state index >= 15 is 0 Å². The molecule has 0 atom stereocenters. The third-order valence-corrected chi connectivity index (χ3v) is 6.50. The molecule has 1 aromatic heterocycles. The highest BCUT2D eigenvalue weighted by Gasteiger charge is 2.21. The summed E-state index contributed by atoms with van der Waals surface area (Å²) in [5.74, 6) is -0.715. The van der Waals surface area contributed by atoms with Crippen LogP contribution in [0.5, 0.6) is 0 Å². The Bertz CT molecular complexity index is 1480. The van der Waals surface area contributed by atoms with Crippen molar-refractivity contribution in [2.75, 3.05) is 10.0 Å². The average Bonchev–Trinajstić information content (AvgIpc) is 2.77. The van der Waals surface area contributed by atoms with E-state index < -0.39 is 15.8 Å². The highest BCUT2D eigenvalue weighted by molar-refractivity contribution is 7.96. The number of sulfonamides is 1. The molecule has 172 valence electrons. The monoisotopic (exact) mass is 489 g/mol. The first-order valence-electron chi connectivity index (χ1n) is 9.63. The Kier molecular flexibility index (Phi) is 6.99. The van der Waals surface area contributed by atoms with Gasteiger partial charge in [0, 0.05) is 12.7 Å². The van der Waals surface area contributed by atoms with Crippen molar-refractivity contribution in [3.8, 4) is 0 Å². The number of aromatic nitrogens is 2. The molecule has 0 radical (unpaired) electrons. The molecular weight excluding hydrogens is 469 g/mol. The van der Waals surface area contributed by atoms with Crippen LogP contribution < -0.4 is 15.6 Å². The molecular formula is C22H21ClFN5O3S. The number of allylic oxidation sites excluding steroid dienone is 3. The SMILES string of the molecule is C=N/C(=C\C=C/C)S(=O)(=O)Nc1ccc(F)c(Nc2ccc3ncn(C)c(=O)c3c2C)c1Cl. The van der Waals surface area contributed by atoms with Crippen molar-refractivity contribution in [1.82, 2.24) is 9.55 Å². The van der Waals surface area contributed by atoms with Crippen LogP contribution in [0.3, 0.4) is 0 Å². The minimum Gasteiger partial charge on any atom is -0.352 e. The summed E-state index contributed by atoms with van der Waals surface area (Å²) in [5.41, 5.74) is 0.959. The highest BCUT2D eigenvalue weighted by atomic mass is 35.5. The second kappa shape index (κ2) is 9.55. The molecule has 33 heavy (non-hydrogen) atoms. The summed E-state index contributed by atoms with van der Waals surface area (Å²) in [6.45, 7) is 6.68. The van der Waals surface area contributed by atoms with Crippen molar-refractivity contribution in [1.29, 1.82) is 0 Å². The second-order valence-electron chi connectivity index (χ2n) is 7.00. The van der Waals surface area contributed by atoms with Crippen molar-refractivity contribution >= 4 is 56.3 Å². The second-order valence-corrected chi connectivity index (χ2v) is 9.00. The van der Waals surface area contributed by atoms with Crippen LogP contribution in [-0.2, 0) is 17.1 Å². The van der Waals surface area contributed by atoms with Gasteiger partial charge < -0.3 is 9.88 Å². The molecule has 0 saturated carbocycles. The Labute approximate surface area is 195 Å². The lowest BCUT2D eigenvalue weighted by atomic mass is 10.1. The first-order chi connectivity index (χ1) is 15.6. The van der Waals surface area contributed by atoms with E-state index in [9.17, 15) is 17.6 Å². The molecule has 0 fully saturated rings. The highest BCUT2D eigenvalue weighted by Crippen LogP contribution is 2.37. The van der Waals surface area contributed by atoms with Gasteiger partial charge >= 0.3 is 0 Å². The Morgan fingerprint density at radius 2 is 1.97 bits per heavy atom. The Balaban J connectivity index is 2.06. The number of fused-ring (bicyclic) bond motifs is 1. The quantitative estimate of drug-likeness (QED) is 0.371. The van der Waals surface area contributed by atoms with E-state index in [1.807, 2.05) is 0 Å². The zero-order valence-corrected chi connectivity index (χ0v) is 19.6. The molecule has 0 aliphatic rings. The van der Waals surface area contributed by atoms with E-state index in [1.54, 1.807) is 39.1 Å². The fourth-order valence-corrected chi connectivity index (χ4v) is 4.37. The van der Waals surface area contributed by atoms with E-state index in [-0.39, 0.29) is 27.0 Å². The van der Waals surface area contributed by atoms with Gasteiger partial charge in [-0.2, -0.15) is 8.42 Å². The molecule has 3 rings (SSSR count). The first kappa shape index (κ1) is 24.1. The Hall–Kier alpha value is -3.50. The van der Waals surface area contributed by atoms with Gasteiger partial charge in [-0.25, -0.2) is 9.37 Å². The summed E-state index contributed by atoms with van der Waals surface area (Å²) in [6.07, 6.45) is 5.80. The summed E-state index contributed by atoms with van der Waals surface area (Å²) in [4.78, 5) is 20.3. The van der Waals surface area contributed by atoms with Crippen LogP contribution in [0, 0.1) is 12.7 Å². The molecule has 1 heterocycles. The van der Waals surface area contributed by atoms with Crippen LogP contribution >= 0.6 is 11.6 Å². The van der Waals surface area contributed by atoms with Crippen LogP contribution in [0.25, 0.3) is 10.9 Å². The summed E-state index contributed by atoms with van der Waals surface area (Å²) >= 11 is 6.36. The van der Waals surface area contributed by atoms with Gasteiger partial charge in [0.1, 0.15) is 5.82 Å². The summed E-state index contributed by atoms with van der Waals surface area (Å²) in [6, 6.07) is 5.53. The predicted molar refractivity (Wildman–Crippen MR) is 131 cm³/mol. The number of hydrogen-bond donors (Lipinski definition) is 2. The maximum Gasteiger partial charge on any atom is 0.279 e. The number of nitrogens with zero attached hydrogens (tertiary/aromatic N) is 3. The minimum atomic E-state index is -4.13. The molecule has 2 aromatic carbocycles. The van der Waals surface area contributed by atoms with Crippen LogP contribution in [0.1, 0.15) is 12.5 Å². The number of aryl methyl sites for hydroxylation is 2. The number of benzene rings is 2. The largest absolute Gasteiger partial charge is 0.352 e. The smallest absolute Gasteiger partial charge is 0.279 e. The van der Waals surface area contributed by atoms with Crippen molar-refractivity contribution in [3.63, 3.8) is 0 Å². The van der Waals surface area contributed by atoms with E-state index in [0.29, 0.717) is 22.2 Å². The molecule has 0 amide bonds. The zero-order valence-electron chi connectivity index (χ0n) is 18.1. The van der Waals surface area contributed by atoms with Gasteiger partial charge in [-0.05, 0) is 56.5 Å². The number of aliphatic imine (C=N–C) groups is 1. The number of hydrogen-bond acceptors (Lipinski definition) is 6. The Morgan fingerprint density at radius 3 is 2.64 bits per heavy atom. The van der Waals surface area contributed by atoms with Crippen molar-refractivity contribution in [3.05, 3.63) is 80.6 Å². The van der Waals surface area contributed by atoms with E-state index in [4.69, 9.17) is 11.6 Å². The lowest BCUT2D eigenvalue weighted by Crippen LogP contribution is -2.18. The fraction of sp³-hybridized carbons (Fsp3) is 0.136. The Morgan fingerprint density at radius 1 is 1.27 bits per heavy atom. The lowest BCUT2D eigenvalue weighted by Gasteiger charge is -2.16. The maximum absolute atomic E-state index is 14.7. The molecule has 3 aromatic rings. The van der Waals surface area contributed by atoms with Crippen molar-refractivity contribution in [2.45, 2.75) is 13.8 Å². The molecule has 0 spiro atoms. The van der Waals surface area contributed by atoms with Crippen LogP contribution in [0.4, 0.5) is 21.5 Å². The fourth-order valence-electron chi connectivity index (χ4n) is 3.07. The van der Waals surface area contributed by atoms with E-state index in [2.05, 4.69) is 26.7 Å². The molecule has 0 unspecified atom stereocenters. The number of anilines is 3. The van der Waals surface area contributed by atoms with E-state index in [1.165, 1.54) is 29.1 Å². The molecule has 0 bridgehead atoms. The molecule has 0 aliphatic heterocycles. The molecule has 0 aliphatic carbocycles. The maximum atomic E-state index is 14.7.